The fraction of sp³-hybridized carbons (Fsp3) is 0.643. The molecule has 6 heteroatoms. The molecule has 0 bridgehead atoms. The van der Waals surface area contributed by atoms with Crippen LogP contribution in [0.4, 0.5) is 5.82 Å². The highest BCUT2D eigenvalue weighted by molar-refractivity contribution is 5.98. The maximum Gasteiger partial charge on any atom is 0.254 e. The number of primary amides is 1. The van der Waals surface area contributed by atoms with Gasteiger partial charge in [0.15, 0.2) is 5.82 Å². The van der Waals surface area contributed by atoms with Gasteiger partial charge in [0.05, 0.1) is 5.69 Å². The molecule has 2 atom stereocenters. The molecule has 1 saturated carbocycles. The van der Waals surface area contributed by atoms with Gasteiger partial charge in [0, 0.05) is 7.11 Å². The summed E-state index contributed by atoms with van der Waals surface area (Å²) in [5.41, 5.74) is 11.4. The van der Waals surface area contributed by atoms with E-state index in [1.807, 2.05) is 0 Å². The predicted octanol–water partition coefficient (Wildman–Crippen LogP) is 1.52. The standard InChI is InChI=1S/C14H22N4O2/c1-8-5-4-6-14(7-8,20-3)13-17-9(2)10(12(16)19)11(15)18-13/h8H,4-7H2,1-3H3,(H2,16,19)(H2,15,17,18). The summed E-state index contributed by atoms with van der Waals surface area (Å²) < 4.78 is 5.75. The van der Waals surface area contributed by atoms with Gasteiger partial charge in [0.2, 0.25) is 0 Å². The summed E-state index contributed by atoms with van der Waals surface area (Å²) >= 11 is 0. The predicted molar refractivity (Wildman–Crippen MR) is 76.0 cm³/mol. The third kappa shape index (κ3) is 2.47. The zero-order valence-electron chi connectivity index (χ0n) is 12.3. The van der Waals surface area contributed by atoms with Gasteiger partial charge in [-0.1, -0.05) is 13.3 Å². The zero-order valence-corrected chi connectivity index (χ0v) is 12.3. The topological polar surface area (TPSA) is 104 Å². The smallest absolute Gasteiger partial charge is 0.254 e. The number of hydrogen-bond acceptors (Lipinski definition) is 5. The molecule has 0 saturated heterocycles. The molecule has 0 spiro atoms. The Kier molecular flexibility index (Phi) is 3.94. The van der Waals surface area contributed by atoms with Crippen LogP contribution in [-0.2, 0) is 10.3 Å². The van der Waals surface area contributed by atoms with E-state index in [4.69, 9.17) is 16.2 Å². The number of ether oxygens (including phenoxy) is 1. The number of hydrogen-bond donors (Lipinski definition) is 2. The van der Waals surface area contributed by atoms with Crippen molar-refractivity contribution in [1.82, 2.24) is 9.97 Å². The second kappa shape index (κ2) is 5.36. The maximum absolute atomic E-state index is 11.4. The molecule has 1 heterocycles. The highest BCUT2D eigenvalue weighted by Gasteiger charge is 2.40. The van der Waals surface area contributed by atoms with Crippen LogP contribution in [0.3, 0.4) is 0 Å². The number of aryl methyl sites for hydroxylation is 1. The lowest BCUT2D eigenvalue weighted by Gasteiger charge is -2.37. The van der Waals surface area contributed by atoms with Crippen LogP contribution in [0.1, 0.15) is 54.5 Å². The summed E-state index contributed by atoms with van der Waals surface area (Å²) in [7, 11) is 1.68. The normalized spacial score (nSPS) is 26.4. The first-order chi connectivity index (χ1) is 9.39. The number of nitrogens with zero attached hydrogens (tertiary/aromatic N) is 2. The highest BCUT2D eigenvalue weighted by Crippen LogP contribution is 2.41. The van der Waals surface area contributed by atoms with Crippen molar-refractivity contribution < 1.29 is 9.53 Å². The van der Waals surface area contributed by atoms with Crippen molar-refractivity contribution in [2.24, 2.45) is 11.7 Å². The lowest BCUT2D eigenvalue weighted by atomic mass is 9.78. The number of aromatic nitrogens is 2. The van der Waals surface area contributed by atoms with Crippen LogP contribution in [0, 0.1) is 12.8 Å². The van der Waals surface area contributed by atoms with Crippen LogP contribution in [0.2, 0.25) is 0 Å². The molecular weight excluding hydrogens is 256 g/mol. The lowest BCUT2D eigenvalue weighted by Crippen LogP contribution is -2.37. The second-order valence-electron chi connectivity index (χ2n) is 5.66. The summed E-state index contributed by atoms with van der Waals surface area (Å²) in [5.74, 6) is 0.640. The van der Waals surface area contributed by atoms with Crippen LogP contribution < -0.4 is 11.5 Å². The SMILES string of the molecule is COC1(c2nc(C)c(C(N)=O)c(N)n2)CCCC(C)C1. The van der Waals surface area contributed by atoms with E-state index < -0.39 is 11.5 Å². The molecule has 0 aliphatic heterocycles. The van der Waals surface area contributed by atoms with Gasteiger partial charge in [-0.15, -0.1) is 0 Å². The minimum absolute atomic E-state index is 0.134. The van der Waals surface area contributed by atoms with Gasteiger partial charge < -0.3 is 16.2 Å². The molecule has 20 heavy (non-hydrogen) atoms. The summed E-state index contributed by atoms with van der Waals surface area (Å²) in [4.78, 5) is 20.1. The van der Waals surface area contributed by atoms with Crippen molar-refractivity contribution >= 4 is 11.7 Å². The molecule has 110 valence electrons. The molecule has 2 unspecified atom stereocenters. The van der Waals surface area contributed by atoms with E-state index in [1.165, 1.54) is 6.42 Å². The van der Waals surface area contributed by atoms with E-state index in [1.54, 1.807) is 14.0 Å². The molecular formula is C14H22N4O2. The van der Waals surface area contributed by atoms with Crippen LogP contribution >= 0.6 is 0 Å². The average molecular weight is 278 g/mol. The van der Waals surface area contributed by atoms with E-state index >= 15 is 0 Å². The van der Waals surface area contributed by atoms with Gasteiger partial charge >= 0.3 is 0 Å². The minimum Gasteiger partial charge on any atom is -0.383 e. The quantitative estimate of drug-likeness (QED) is 0.872. The summed E-state index contributed by atoms with van der Waals surface area (Å²) in [6, 6.07) is 0. The van der Waals surface area contributed by atoms with E-state index in [-0.39, 0.29) is 11.4 Å². The Bertz CT molecular complexity index is 509. The first-order valence-electron chi connectivity index (χ1n) is 6.89. The fourth-order valence-electron chi connectivity index (χ4n) is 3.09. The molecule has 1 aromatic heterocycles. The monoisotopic (exact) mass is 278 g/mol. The van der Waals surface area contributed by atoms with Crippen molar-refractivity contribution in [3.63, 3.8) is 0 Å². The van der Waals surface area contributed by atoms with Crippen LogP contribution in [0.5, 0.6) is 0 Å². The van der Waals surface area contributed by atoms with Crippen molar-refractivity contribution in [2.45, 2.75) is 45.1 Å². The van der Waals surface area contributed by atoms with Gasteiger partial charge in [0.25, 0.3) is 5.91 Å². The number of nitrogens with two attached hydrogens (primary N) is 2. The molecule has 1 aromatic rings. The number of anilines is 1. The number of amides is 1. The number of carbonyl (C=O) groups excluding carboxylic acids is 1. The molecule has 2 rings (SSSR count). The Morgan fingerprint density at radius 3 is 2.65 bits per heavy atom. The molecule has 4 N–H and O–H groups in total. The molecule has 0 aromatic carbocycles. The van der Waals surface area contributed by atoms with Crippen LogP contribution in [0.15, 0.2) is 0 Å². The largest absolute Gasteiger partial charge is 0.383 e. The second-order valence-corrected chi connectivity index (χ2v) is 5.66. The average Bonchev–Trinajstić information content (AvgIpc) is 2.37. The Morgan fingerprint density at radius 1 is 1.45 bits per heavy atom. The van der Waals surface area contributed by atoms with Crippen molar-refractivity contribution in [3.8, 4) is 0 Å². The summed E-state index contributed by atoms with van der Waals surface area (Å²) in [6.45, 7) is 3.91. The first-order valence-corrected chi connectivity index (χ1v) is 6.89. The molecule has 1 aliphatic carbocycles. The summed E-state index contributed by atoms with van der Waals surface area (Å²) in [5, 5.41) is 0. The molecule has 0 radical (unpaired) electrons. The minimum atomic E-state index is -0.602. The van der Waals surface area contributed by atoms with Crippen molar-refractivity contribution in [3.05, 3.63) is 17.1 Å². The Labute approximate surface area is 118 Å². The summed E-state index contributed by atoms with van der Waals surface area (Å²) in [6.07, 6.45) is 3.97. The third-order valence-corrected chi connectivity index (χ3v) is 4.12. The Hall–Kier alpha value is -1.69. The maximum atomic E-state index is 11.4. The number of carbonyl (C=O) groups is 1. The Balaban J connectivity index is 2.48. The van der Waals surface area contributed by atoms with E-state index in [2.05, 4.69) is 16.9 Å². The lowest BCUT2D eigenvalue weighted by molar-refractivity contribution is -0.0646. The zero-order chi connectivity index (χ0) is 14.9. The fourth-order valence-corrected chi connectivity index (χ4v) is 3.09. The van der Waals surface area contributed by atoms with Gasteiger partial charge in [-0.05, 0) is 32.1 Å². The molecule has 1 amide bonds. The first kappa shape index (κ1) is 14.7. The molecule has 1 fully saturated rings. The van der Waals surface area contributed by atoms with E-state index in [0.29, 0.717) is 17.4 Å². The van der Waals surface area contributed by atoms with Gasteiger partial charge in [-0.3, -0.25) is 4.79 Å². The van der Waals surface area contributed by atoms with Crippen LogP contribution in [-0.4, -0.2) is 23.0 Å². The van der Waals surface area contributed by atoms with Gasteiger partial charge in [-0.2, -0.15) is 0 Å². The third-order valence-electron chi connectivity index (χ3n) is 4.12. The molecule has 6 nitrogen and oxygen atoms in total. The number of methoxy groups -OCH3 is 1. The Morgan fingerprint density at radius 2 is 2.15 bits per heavy atom. The van der Waals surface area contributed by atoms with Crippen molar-refractivity contribution in [2.75, 3.05) is 12.8 Å². The van der Waals surface area contributed by atoms with Crippen LogP contribution in [0.25, 0.3) is 0 Å². The van der Waals surface area contributed by atoms with Crippen molar-refractivity contribution in [1.29, 1.82) is 0 Å². The number of rotatable bonds is 3. The number of nitrogen functional groups attached to an aromatic ring is 1. The molecule has 1 aliphatic rings. The highest BCUT2D eigenvalue weighted by atomic mass is 16.5. The van der Waals surface area contributed by atoms with Gasteiger partial charge in [0.1, 0.15) is 17.0 Å². The van der Waals surface area contributed by atoms with Gasteiger partial charge in [-0.25, -0.2) is 9.97 Å². The van der Waals surface area contributed by atoms with E-state index in [0.717, 1.165) is 19.3 Å². The van der Waals surface area contributed by atoms with E-state index in [9.17, 15) is 4.79 Å².